The Labute approximate surface area is 157 Å². The molecule has 0 aliphatic carbocycles. The molecule has 2 aliphatic rings. The maximum absolute atomic E-state index is 11.9. The van der Waals surface area contributed by atoms with Gasteiger partial charge in [-0.2, -0.15) is 11.8 Å². The molecule has 2 rings (SSSR count). The minimum atomic E-state index is -1.22. The van der Waals surface area contributed by atoms with Gasteiger partial charge in [0.1, 0.15) is 31.0 Å². The summed E-state index contributed by atoms with van der Waals surface area (Å²) in [5.74, 6) is 0.104. The van der Waals surface area contributed by atoms with E-state index in [4.69, 9.17) is 15.2 Å². The second kappa shape index (κ2) is 9.52. The summed E-state index contributed by atoms with van der Waals surface area (Å²) in [5.41, 5.74) is 6.32. The van der Waals surface area contributed by atoms with Gasteiger partial charge in [-0.25, -0.2) is 0 Å². The Morgan fingerprint density at radius 2 is 2.19 bits per heavy atom. The van der Waals surface area contributed by atoms with Crippen molar-refractivity contribution in [2.75, 3.05) is 18.6 Å². The van der Waals surface area contributed by atoms with Gasteiger partial charge in [0.15, 0.2) is 12.0 Å². The molecule has 26 heavy (non-hydrogen) atoms. The molecule has 4 N–H and O–H groups in total. The van der Waals surface area contributed by atoms with Crippen LogP contribution in [0.2, 0.25) is 0 Å². The van der Waals surface area contributed by atoms with Crippen molar-refractivity contribution in [1.82, 2.24) is 4.90 Å². The van der Waals surface area contributed by atoms with Crippen LogP contribution >= 0.6 is 11.8 Å². The Kier molecular flexibility index (Phi) is 7.66. The number of Topliss-reactive ketones (excluding diaryl/α,β-unsaturated/α-hetero) is 1. The topological polar surface area (TPSA) is 122 Å². The maximum atomic E-state index is 11.9. The number of hydrogen-bond donors (Lipinski definition) is 3. The van der Waals surface area contributed by atoms with E-state index in [1.54, 1.807) is 35.1 Å². The van der Waals surface area contributed by atoms with Gasteiger partial charge in [0.25, 0.3) is 0 Å². The van der Waals surface area contributed by atoms with E-state index >= 15 is 0 Å². The summed E-state index contributed by atoms with van der Waals surface area (Å²) in [7, 11) is 0. The van der Waals surface area contributed by atoms with Crippen molar-refractivity contribution < 1.29 is 29.3 Å². The lowest BCUT2D eigenvalue weighted by Gasteiger charge is -2.28. The molecule has 0 bridgehead atoms. The Hall–Kier alpha value is -1.39. The van der Waals surface area contributed by atoms with Gasteiger partial charge < -0.3 is 30.3 Å². The van der Waals surface area contributed by atoms with Crippen molar-refractivity contribution in [3.63, 3.8) is 0 Å². The van der Waals surface area contributed by atoms with Gasteiger partial charge in [0.2, 0.25) is 0 Å². The van der Waals surface area contributed by atoms with Crippen LogP contribution in [0, 0.1) is 0 Å². The molecule has 0 amide bonds. The second-order valence-electron chi connectivity index (χ2n) is 6.31. The smallest absolute Gasteiger partial charge is 0.323 e. The van der Waals surface area contributed by atoms with E-state index < -0.39 is 36.6 Å². The molecule has 2 aliphatic heterocycles. The zero-order chi connectivity index (χ0) is 19.3. The number of rotatable bonds is 8. The van der Waals surface area contributed by atoms with Gasteiger partial charge in [-0.3, -0.25) is 9.59 Å². The number of thioether (sulfide) groups is 1. The SMILES string of the molecule is CSCC[C@H](N)C(=O)OC[C@H]1O[C@@H](N2C=CCC(C(C)=O)=C2)[C@H](O)[C@@H]1O. The zero-order valence-electron chi connectivity index (χ0n) is 14.9. The van der Waals surface area contributed by atoms with E-state index in [9.17, 15) is 19.8 Å². The molecule has 8 nitrogen and oxygen atoms in total. The molecule has 0 aromatic rings. The molecule has 0 aromatic carbocycles. The van der Waals surface area contributed by atoms with Crippen LogP contribution in [-0.2, 0) is 19.1 Å². The number of allylic oxidation sites excluding steroid dienone is 2. The third-order valence-electron chi connectivity index (χ3n) is 4.33. The molecule has 9 heteroatoms. The first-order valence-electron chi connectivity index (χ1n) is 8.43. The predicted octanol–water partition coefficient (Wildman–Crippen LogP) is -0.251. The summed E-state index contributed by atoms with van der Waals surface area (Å²) in [5, 5.41) is 20.5. The fourth-order valence-electron chi connectivity index (χ4n) is 2.72. The lowest BCUT2D eigenvalue weighted by Crippen LogP contribution is -2.40. The summed E-state index contributed by atoms with van der Waals surface area (Å²) >= 11 is 1.58. The number of ketones is 1. The molecule has 0 unspecified atom stereocenters. The van der Waals surface area contributed by atoms with Gasteiger partial charge >= 0.3 is 5.97 Å². The number of carbonyl (C=O) groups is 2. The molecular weight excluding hydrogens is 360 g/mol. The number of nitrogens with zero attached hydrogens (tertiary/aromatic N) is 1. The highest BCUT2D eigenvalue weighted by Gasteiger charge is 2.45. The van der Waals surface area contributed by atoms with Gasteiger partial charge in [-0.05, 0) is 31.8 Å². The van der Waals surface area contributed by atoms with Crippen LogP contribution in [-0.4, -0.2) is 76.1 Å². The molecule has 5 atom stereocenters. The van der Waals surface area contributed by atoms with E-state index in [0.717, 1.165) is 5.75 Å². The Morgan fingerprint density at radius 1 is 1.46 bits per heavy atom. The number of esters is 1. The van der Waals surface area contributed by atoms with E-state index in [-0.39, 0.29) is 12.4 Å². The fourth-order valence-corrected chi connectivity index (χ4v) is 3.21. The second-order valence-corrected chi connectivity index (χ2v) is 7.30. The first-order chi connectivity index (χ1) is 12.3. The van der Waals surface area contributed by atoms with E-state index in [1.165, 1.54) is 6.92 Å². The Balaban J connectivity index is 1.93. The molecule has 0 radical (unpaired) electrons. The van der Waals surface area contributed by atoms with Crippen LogP contribution in [0.3, 0.4) is 0 Å². The molecular formula is C17H26N2O6S. The Bertz CT molecular complexity index is 582. The lowest BCUT2D eigenvalue weighted by atomic mass is 10.1. The van der Waals surface area contributed by atoms with Crippen LogP contribution in [0.4, 0.5) is 0 Å². The molecule has 1 fully saturated rings. The van der Waals surface area contributed by atoms with Crippen molar-refractivity contribution in [2.45, 2.75) is 50.3 Å². The summed E-state index contributed by atoms with van der Waals surface area (Å²) in [6.07, 6.45) is 3.79. The lowest BCUT2D eigenvalue weighted by molar-refractivity contribution is -0.152. The van der Waals surface area contributed by atoms with Crippen molar-refractivity contribution >= 4 is 23.5 Å². The summed E-state index contributed by atoms with van der Waals surface area (Å²) in [6.45, 7) is 1.26. The maximum Gasteiger partial charge on any atom is 0.323 e. The highest BCUT2D eigenvalue weighted by Crippen LogP contribution is 2.27. The van der Waals surface area contributed by atoms with Gasteiger partial charge in [-0.1, -0.05) is 6.08 Å². The number of hydrogen-bond acceptors (Lipinski definition) is 9. The van der Waals surface area contributed by atoms with Crippen LogP contribution < -0.4 is 5.73 Å². The van der Waals surface area contributed by atoms with E-state index in [0.29, 0.717) is 18.4 Å². The van der Waals surface area contributed by atoms with Crippen molar-refractivity contribution in [1.29, 1.82) is 0 Å². The first-order valence-corrected chi connectivity index (χ1v) is 9.83. The predicted molar refractivity (Wildman–Crippen MR) is 97.0 cm³/mol. The molecule has 1 saturated heterocycles. The van der Waals surface area contributed by atoms with Crippen molar-refractivity contribution in [2.24, 2.45) is 5.73 Å². The van der Waals surface area contributed by atoms with Crippen LogP contribution in [0.15, 0.2) is 24.0 Å². The van der Waals surface area contributed by atoms with Crippen molar-refractivity contribution in [3.05, 3.63) is 24.0 Å². The minimum absolute atomic E-state index is 0.0721. The third-order valence-corrected chi connectivity index (χ3v) is 4.97. The highest BCUT2D eigenvalue weighted by molar-refractivity contribution is 7.98. The number of ether oxygens (including phenoxy) is 2. The number of carbonyl (C=O) groups excluding carboxylic acids is 2. The largest absolute Gasteiger partial charge is 0.462 e. The summed E-state index contributed by atoms with van der Waals surface area (Å²) < 4.78 is 10.8. The Morgan fingerprint density at radius 3 is 2.85 bits per heavy atom. The molecule has 0 saturated carbocycles. The number of aliphatic hydroxyl groups excluding tert-OH is 2. The van der Waals surface area contributed by atoms with Gasteiger partial charge in [-0.15, -0.1) is 0 Å². The van der Waals surface area contributed by atoms with Gasteiger partial charge in [0.05, 0.1) is 0 Å². The average Bonchev–Trinajstić information content (AvgIpc) is 2.92. The molecule has 0 spiro atoms. The summed E-state index contributed by atoms with van der Waals surface area (Å²) in [6, 6.07) is -0.729. The number of aliphatic hydroxyl groups is 2. The van der Waals surface area contributed by atoms with Crippen molar-refractivity contribution in [3.8, 4) is 0 Å². The minimum Gasteiger partial charge on any atom is -0.462 e. The standard InChI is InChI=1S/C17H26N2O6S/c1-10(20)11-4-3-6-19(8-11)16-15(22)14(21)13(25-16)9-24-17(23)12(18)5-7-26-2/h3,6,8,12-16,21-22H,4-5,7,9,18H2,1-2H3/t12-,13+,14+,15+,16+/m0/s1. The fraction of sp³-hybridized carbons (Fsp3) is 0.647. The average molecular weight is 386 g/mol. The first kappa shape index (κ1) is 20.9. The van der Waals surface area contributed by atoms with E-state index in [2.05, 4.69) is 0 Å². The normalized spacial score (nSPS) is 29.4. The van der Waals surface area contributed by atoms with Crippen LogP contribution in [0.1, 0.15) is 19.8 Å². The third kappa shape index (κ3) is 5.08. The quantitative estimate of drug-likeness (QED) is 0.485. The van der Waals surface area contributed by atoms with E-state index in [1.807, 2.05) is 6.26 Å². The zero-order valence-corrected chi connectivity index (χ0v) is 15.7. The number of nitrogens with two attached hydrogens (primary N) is 1. The van der Waals surface area contributed by atoms with Crippen LogP contribution in [0.25, 0.3) is 0 Å². The van der Waals surface area contributed by atoms with Crippen LogP contribution in [0.5, 0.6) is 0 Å². The van der Waals surface area contributed by atoms with Gasteiger partial charge in [0, 0.05) is 18.0 Å². The highest BCUT2D eigenvalue weighted by atomic mass is 32.2. The molecule has 0 aromatic heterocycles. The summed E-state index contributed by atoms with van der Waals surface area (Å²) in [4.78, 5) is 24.9. The monoisotopic (exact) mass is 386 g/mol. The molecule has 146 valence electrons. The molecule has 2 heterocycles.